The summed E-state index contributed by atoms with van der Waals surface area (Å²) in [5.74, 6) is 1.04. The molecule has 0 saturated carbocycles. The predicted octanol–water partition coefficient (Wildman–Crippen LogP) is 2.96. The minimum atomic E-state index is -0.129. The van der Waals surface area contributed by atoms with Crippen molar-refractivity contribution < 1.29 is 14.1 Å². The Kier molecular flexibility index (Phi) is 5.86. The topological polar surface area (TPSA) is 89.5 Å². The Morgan fingerprint density at radius 3 is 2.70 bits per heavy atom. The van der Waals surface area contributed by atoms with E-state index in [9.17, 15) is 4.79 Å². The van der Waals surface area contributed by atoms with Crippen LogP contribution in [0.25, 0.3) is 5.69 Å². The molecule has 9 heteroatoms. The Labute approximate surface area is 191 Å². The molecule has 1 atom stereocenters. The van der Waals surface area contributed by atoms with Gasteiger partial charge in [-0.05, 0) is 36.9 Å². The van der Waals surface area contributed by atoms with E-state index < -0.39 is 0 Å². The maximum Gasteiger partial charge on any atom is 0.276 e. The van der Waals surface area contributed by atoms with Gasteiger partial charge in [0.25, 0.3) is 5.91 Å². The maximum absolute atomic E-state index is 13.1. The van der Waals surface area contributed by atoms with Crippen molar-refractivity contribution in [3.05, 3.63) is 90.3 Å². The molecule has 9 nitrogen and oxygen atoms in total. The smallest absolute Gasteiger partial charge is 0.276 e. The predicted molar refractivity (Wildman–Crippen MR) is 120 cm³/mol. The van der Waals surface area contributed by atoms with Gasteiger partial charge >= 0.3 is 0 Å². The normalized spacial score (nSPS) is 16.6. The van der Waals surface area contributed by atoms with Gasteiger partial charge in [-0.2, -0.15) is 5.10 Å². The summed E-state index contributed by atoms with van der Waals surface area (Å²) in [4.78, 5) is 21.1. The molecule has 1 amide bonds. The first-order valence-electron chi connectivity index (χ1n) is 10.8. The average molecular weight is 444 g/mol. The zero-order valence-electron chi connectivity index (χ0n) is 18.2. The molecule has 0 spiro atoms. The first kappa shape index (κ1) is 20.9. The van der Waals surface area contributed by atoms with Gasteiger partial charge in [0.2, 0.25) is 0 Å². The summed E-state index contributed by atoms with van der Waals surface area (Å²) < 4.78 is 12.8. The molecule has 0 bridgehead atoms. The van der Waals surface area contributed by atoms with Crippen molar-refractivity contribution in [2.45, 2.75) is 12.6 Å². The zero-order chi connectivity index (χ0) is 22.6. The fourth-order valence-electron chi connectivity index (χ4n) is 3.93. The van der Waals surface area contributed by atoms with Gasteiger partial charge in [0.15, 0.2) is 11.5 Å². The number of piperazine rings is 1. The van der Waals surface area contributed by atoms with E-state index in [4.69, 9.17) is 9.26 Å². The molecule has 2 aromatic carbocycles. The number of rotatable bonds is 6. The average Bonchev–Trinajstić information content (AvgIpc) is 3.56. The summed E-state index contributed by atoms with van der Waals surface area (Å²) >= 11 is 0. The summed E-state index contributed by atoms with van der Waals surface area (Å²) in [5.41, 5.74) is 2.38. The van der Waals surface area contributed by atoms with E-state index in [0.29, 0.717) is 30.3 Å². The first-order chi connectivity index (χ1) is 16.2. The number of likely N-dealkylation sites (N-methyl/N-ethyl adjacent to an activating group) is 1. The molecule has 0 aliphatic carbocycles. The van der Waals surface area contributed by atoms with Gasteiger partial charge in [0.05, 0.1) is 11.7 Å². The van der Waals surface area contributed by atoms with Crippen LogP contribution in [-0.2, 0) is 6.61 Å². The molecular formula is C24H24N6O3. The number of aromatic nitrogens is 4. The van der Waals surface area contributed by atoms with Crippen LogP contribution in [0, 0.1) is 0 Å². The molecule has 33 heavy (non-hydrogen) atoms. The van der Waals surface area contributed by atoms with Crippen LogP contribution in [0.1, 0.15) is 27.9 Å². The minimum absolute atomic E-state index is 0.129. The monoisotopic (exact) mass is 444 g/mol. The molecule has 0 radical (unpaired) electrons. The van der Waals surface area contributed by atoms with Crippen LogP contribution in [0.5, 0.6) is 5.75 Å². The molecule has 1 aliphatic heterocycles. The van der Waals surface area contributed by atoms with Crippen LogP contribution in [0.4, 0.5) is 0 Å². The molecule has 1 saturated heterocycles. The van der Waals surface area contributed by atoms with Crippen LogP contribution in [0.2, 0.25) is 0 Å². The Morgan fingerprint density at radius 2 is 1.94 bits per heavy atom. The van der Waals surface area contributed by atoms with Crippen LogP contribution >= 0.6 is 0 Å². The highest BCUT2D eigenvalue weighted by Crippen LogP contribution is 2.25. The van der Waals surface area contributed by atoms with Gasteiger partial charge in [-0.3, -0.25) is 9.69 Å². The highest BCUT2D eigenvalue weighted by atomic mass is 16.5. The Bertz CT molecular complexity index is 1190. The van der Waals surface area contributed by atoms with Crippen molar-refractivity contribution in [1.82, 2.24) is 29.7 Å². The highest BCUT2D eigenvalue weighted by Gasteiger charge is 2.30. The third-order valence-electron chi connectivity index (χ3n) is 5.80. The summed E-state index contributed by atoms with van der Waals surface area (Å²) in [6.45, 7) is 2.23. The largest absolute Gasteiger partial charge is 0.486 e. The Balaban J connectivity index is 1.20. The number of nitrogens with zero attached hydrogens (tertiary/aromatic N) is 6. The van der Waals surface area contributed by atoms with Gasteiger partial charge in [0.1, 0.15) is 25.0 Å². The molecule has 1 aliphatic rings. The molecule has 4 aromatic rings. The van der Waals surface area contributed by atoms with E-state index in [2.05, 4.69) is 39.3 Å². The standard InChI is InChI=1S/C24H24N6O3/c1-28-11-12-29(14-23(28)18-5-3-2-4-6-18)24(31)22-13-21(33-27-22)15-32-20-9-7-19(8-10-20)30-17-25-16-26-30/h2-10,13,16-17,23H,11-12,14-15H2,1H3/t23-/m1/s1. The summed E-state index contributed by atoms with van der Waals surface area (Å²) in [6, 6.07) is 19.5. The molecule has 0 unspecified atom stereocenters. The van der Waals surface area contributed by atoms with Crippen molar-refractivity contribution in [2.24, 2.45) is 0 Å². The van der Waals surface area contributed by atoms with Crippen molar-refractivity contribution in [2.75, 3.05) is 26.7 Å². The molecule has 3 heterocycles. The number of amides is 1. The molecule has 1 fully saturated rings. The fraction of sp³-hybridized carbons (Fsp3) is 0.250. The lowest BCUT2D eigenvalue weighted by atomic mass is 10.0. The summed E-state index contributed by atoms with van der Waals surface area (Å²) in [6.07, 6.45) is 3.11. The number of ether oxygens (including phenoxy) is 1. The van der Waals surface area contributed by atoms with Crippen molar-refractivity contribution in [3.63, 3.8) is 0 Å². The zero-order valence-corrected chi connectivity index (χ0v) is 18.2. The van der Waals surface area contributed by atoms with E-state index >= 15 is 0 Å². The molecule has 168 valence electrons. The number of benzene rings is 2. The van der Waals surface area contributed by atoms with Gasteiger partial charge in [0, 0.05) is 25.7 Å². The lowest BCUT2D eigenvalue weighted by molar-refractivity contribution is 0.0536. The van der Waals surface area contributed by atoms with Crippen LogP contribution in [-0.4, -0.2) is 62.3 Å². The quantitative estimate of drug-likeness (QED) is 0.452. The second kappa shape index (κ2) is 9.25. The lowest BCUT2D eigenvalue weighted by Crippen LogP contribution is -2.49. The molecule has 5 rings (SSSR count). The van der Waals surface area contributed by atoms with Crippen molar-refractivity contribution >= 4 is 5.91 Å². The van der Waals surface area contributed by atoms with Gasteiger partial charge in [-0.25, -0.2) is 9.67 Å². The number of carbonyl (C=O) groups is 1. The van der Waals surface area contributed by atoms with E-state index in [0.717, 1.165) is 12.2 Å². The Hall–Kier alpha value is -3.98. The van der Waals surface area contributed by atoms with Gasteiger partial charge in [-0.15, -0.1) is 0 Å². The van der Waals surface area contributed by atoms with E-state index in [1.54, 1.807) is 17.1 Å². The van der Waals surface area contributed by atoms with Crippen LogP contribution in [0.15, 0.2) is 77.8 Å². The highest BCUT2D eigenvalue weighted by molar-refractivity contribution is 5.92. The second-order valence-corrected chi connectivity index (χ2v) is 7.96. The minimum Gasteiger partial charge on any atom is -0.486 e. The van der Waals surface area contributed by atoms with Crippen molar-refractivity contribution in [3.8, 4) is 11.4 Å². The SMILES string of the molecule is CN1CCN(C(=O)c2cc(COc3ccc(-n4cncn4)cc3)on2)C[C@@H]1c1ccccc1. The van der Waals surface area contributed by atoms with Crippen LogP contribution in [0.3, 0.4) is 0 Å². The number of carbonyl (C=O) groups excluding carboxylic acids is 1. The number of hydrogen-bond acceptors (Lipinski definition) is 7. The number of hydrogen-bond donors (Lipinski definition) is 0. The third-order valence-corrected chi connectivity index (χ3v) is 5.80. The maximum atomic E-state index is 13.1. The molecule has 2 aromatic heterocycles. The summed E-state index contributed by atoms with van der Waals surface area (Å²) in [7, 11) is 2.09. The summed E-state index contributed by atoms with van der Waals surface area (Å²) in [5, 5.41) is 8.09. The fourth-order valence-corrected chi connectivity index (χ4v) is 3.93. The van der Waals surface area contributed by atoms with Crippen molar-refractivity contribution in [1.29, 1.82) is 0 Å². The Morgan fingerprint density at radius 1 is 1.12 bits per heavy atom. The first-order valence-corrected chi connectivity index (χ1v) is 10.8. The van der Waals surface area contributed by atoms with E-state index in [1.807, 2.05) is 47.4 Å². The second-order valence-electron chi connectivity index (χ2n) is 7.96. The molecule has 0 N–H and O–H groups in total. The van der Waals surface area contributed by atoms with E-state index in [-0.39, 0.29) is 18.6 Å². The van der Waals surface area contributed by atoms with E-state index in [1.165, 1.54) is 11.9 Å². The lowest BCUT2D eigenvalue weighted by Gasteiger charge is -2.39. The van der Waals surface area contributed by atoms with Crippen LogP contribution < -0.4 is 4.74 Å². The van der Waals surface area contributed by atoms with Gasteiger partial charge < -0.3 is 14.2 Å². The third kappa shape index (κ3) is 4.63. The molecular weight excluding hydrogens is 420 g/mol. The van der Waals surface area contributed by atoms with Gasteiger partial charge in [-0.1, -0.05) is 35.5 Å².